The first kappa shape index (κ1) is 20.7. The molecule has 31 heavy (non-hydrogen) atoms. The van der Waals surface area contributed by atoms with Crippen LogP contribution in [0.3, 0.4) is 0 Å². The highest BCUT2D eigenvalue weighted by atomic mass is 16.1. The van der Waals surface area contributed by atoms with Crippen molar-refractivity contribution in [2.24, 2.45) is 0 Å². The molecule has 0 aliphatic carbocycles. The highest BCUT2D eigenvalue weighted by molar-refractivity contribution is 5.91. The summed E-state index contributed by atoms with van der Waals surface area (Å²) in [6.07, 6.45) is 6.32. The van der Waals surface area contributed by atoms with Gasteiger partial charge in [0.15, 0.2) is 5.65 Å². The number of nitrogens with two attached hydrogens (primary N) is 1. The number of nitrogen functional groups attached to an aromatic ring is 1. The molecule has 10 nitrogen and oxygen atoms in total. The second-order valence-electron chi connectivity index (χ2n) is 8.01. The third-order valence-electron chi connectivity index (χ3n) is 5.65. The summed E-state index contributed by atoms with van der Waals surface area (Å²) in [6, 6.07) is 0.220. The van der Waals surface area contributed by atoms with Crippen LogP contribution >= 0.6 is 0 Å². The average molecular weight is 424 g/mol. The molecule has 4 aromatic rings. The Morgan fingerprint density at radius 2 is 1.90 bits per heavy atom. The lowest BCUT2D eigenvalue weighted by atomic mass is 10.2. The lowest BCUT2D eigenvalue weighted by Gasteiger charge is -2.16. The van der Waals surface area contributed by atoms with Crippen LogP contribution in [0.4, 0.5) is 17.5 Å². The van der Waals surface area contributed by atoms with Crippen molar-refractivity contribution < 1.29 is 0 Å². The van der Waals surface area contributed by atoms with Gasteiger partial charge in [-0.1, -0.05) is 6.92 Å². The summed E-state index contributed by atoms with van der Waals surface area (Å²) in [6.45, 7) is 8.84. The standard InChI is InChI=1S/C21H29N9O/c1-6-13-8-30(18-15(13)17(22)25-10-26-18)12(4)7-24-21-27-19-16(20(31)28-21)14(23-5)9-29(19)11(2)3/h8-12,23H,6-7H2,1-5H3,(H2,22,25,26)(H2,24,27,28,31). The molecule has 0 amide bonds. The number of rotatable bonds is 7. The Balaban J connectivity index is 1.65. The fraction of sp³-hybridized carbons (Fsp3) is 0.429. The number of nitrogens with zero attached hydrogens (tertiary/aromatic N) is 5. The molecule has 1 atom stereocenters. The Bertz CT molecular complexity index is 1300. The van der Waals surface area contributed by atoms with Gasteiger partial charge in [-0.25, -0.2) is 9.97 Å². The van der Waals surface area contributed by atoms with Gasteiger partial charge < -0.3 is 25.5 Å². The largest absolute Gasteiger partial charge is 0.386 e. The smallest absolute Gasteiger partial charge is 0.263 e. The number of hydrogen-bond donors (Lipinski definition) is 4. The van der Waals surface area contributed by atoms with Crippen LogP contribution in [-0.4, -0.2) is 42.7 Å². The summed E-state index contributed by atoms with van der Waals surface area (Å²) < 4.78 is 4.09. The molecule has 0 bridgehead atoms. The van der Waals surface area contributed by atoms with E-state index in [9.17, 15) is 4.79 Å². The minimum Gasteiger partial charge on any atom is -0.386 e. The van der Waals surface area contributed by atoms with Gasteiger partial charge in [0, 0.05) is 38.1 Å². The zero-order valence-corrected chi connectivity index (χ0v) is 18.5. The maximum atomic E-state index is 12.8. The van der Waals surface area contributed by atoms with Gasteiger partial charge >= 0.3 is 0 Å². The average Bonchev–Trinajstić information content (AvgIpc) is 3.31. The number of H-pyrrole nitrogens is 1. The number of hydrogen-bond acceptors (Lipinski definition) is 7. The van der Waals surface area contributed by atoms with E-state index < -0.39 is 0 Å². The third kappa shape index (κ3) is 3.47. The Labute approximate surface area is 179 Å². The Kier molecular flexibility index (Phi) is 5.30. The molecular weight excluding hydrogens is 394 g/mol. The zero-order valence-electron chi connectivity index (χ0n) is 18.5. The predicted octanol–water partition coefficient (Wildman–Crippen LogP) is 2.91. The lowest BCUT2D eigenvalue weighted by molar-refractivity contribution is 0.585. The van der Waals surface area contributed by atoms with Gasteiger partial charge in [-0.15, -0.1) is 0 Å². The summed E-state index contributed by atoms with van der Waals surface area (Å²) >= 11 is 0. The van der Waals surface area contributed by atoms with Crippen molar-refractivity contribution in [2.45, 2.75) is 46.2 Å². The molecule has 4 aromatic heterocycles. The first-order valence-corrected chi connectivity index (χ1v) is 10.5. The molecule has 4 rings (SSSR count). The van der Waals surface area contributed by atoms with Crippen molar-refractivity contribution in [3.8, 4) is 0 Å². The molecule has 0 aromatic carbocycles. The maximum Gasteiger partial charge on any atom is 0.263 e. The minimum atomic E-state index is -0.177. The summed E-state index contributed by atoms with van der Waals surface area (Å²) in [7, 11) is 1.80. The lowest BCUT2D eigenvalue weighted by Crippen LogP contribution is -2.20. The molecule has 0 radical (unpaired) electrons. The highest BCUT2D eigenvalue weighted by Crippen LogP contribution is 2.28. The van der Waals surface area contributed by atoms with Gasteiger partial charge in [0.25, 0.3) is 5.56 Å². The van der Waals surface area contributed by atoms with Crippen LogP contribution in [-0.2, 0) is 6.42 Å². The van der Waals surface area contributed by atoms with E-state index >= 15 is 0 Å². The van der Waals surface area contributed by atoms with E-state index in [4.69, 9.17) is 10.7 Å². The molecule has 0 saturated heterocycles. The van der Waals surface area contributed by atoms with Crippen LogP contribution in [0.5, 0.6) is 0 Å². The molecule has 4 heterocycles. The Morgan fingerprint density at radius 1 is 1.13 bits per heavy atom. The monoisotopic (exact) mass is 423 g/mol. The van der Waals surface area contributed by atoms with Crippen molar-refractivity contribution in [2.75, 3.05) is 30.0 Å². The highest BCUT2D eigenvalue weighted by Gasteiger charge is 2.18. The summed E-state index contributed by atoms with van der Waals surface area (Å²) in [5.74, 6) is 0.931. The van der Waals surface area contributed by atoms with Crippen LogP contribution in [0.25, 0.3) is 22.1 Å². The Hall–Kier alpha value is -3.56. The van der Waals surface area contributed by atoms with Crippen LogP contribution in [0.2, 0.25) is 0 Å². The quantitative estimate of drug-likeness (QED) is 0.359. The molecule has 0 spiro atoms. The number of anilines is 3. The predicted molar refractivity (Wildman–Crippen MR) is 125 cm³/mol. The van der Waals surface area contributed by atoms with Crippen LogP contribution in [0.1, 0.15) is 45.3 Å². The number of aromatic amines is 1. The van der Waals surface area contributed by atoms with Crippen LogP contribution < -0.4 is 21.9 Å². The second kappa shape index (κ2) is 7.93. The summed E-state index contributed by atoms with van der Waals surface area (Å²) in [5.41, 5.74) is 9.26. The van der Waals surface area contributed by atoms with E-state index in [1.165, 1.54) is 6.33 Å². The van der Waals surface area contributed by atoms with E-state index in [0.29, 0.717) is 29.3 Å². The molecule has 0 saturated carbocycles. The fourth-order valence-corrected chi connectivity index (χ4v) is 3.96. The first-order chi connectivity index (χ1) is 14.8. The molecule has 1 unspecified atom stereocenters. The van der Waals surface area contributed by atoms with Gasteiger partial charge in [-0.3, -0.25) is 9.78 Å². The van der Waals surface area contributed by atoms with Crippen molar-refractivity contribution >= 4 is 39.5 Å². The fourth-order valence-electron chi connectivity index (χ4n) is 3.96. The number of aryl methyl sites for hydroxylation is 1. The molecule has 0 fully saturated rings. The molecule has 164 valence electrons. The first-order valence-electron chi connectivity index (χ1n) is 10.5. The number of fused-ring (bicyclic) bond motifs is 2. The van der Waals surface area contributed by atoms with Crippen LogP contribution in [0.15, 0.2) is 23.5 Å². The van der Waals surface area contributed by atoms with E-state index in [2.05, 4.69) is 64.0 Å². The van der Waals surface area contributed by atoms with Gasteiger partial charge in [-0.2, -0.15) is 4.98 Å². The van der Waals surface area contributed by atoms with Crippen molar-refractivity contribution in [3.05, 3.63) is 34.6 Å². The van der Waals surface area contributed by atoms with Gasteiger partial charge in [0.1, 0.15) is 23.2 Å². The molecule has 10 heteroatoms. The van der Waals surface area contributed by atoms with E-state index in [1.54, 1.807) is 7.05 Å². The topological polar surface area (TPSA) is 131 Å². The van der Waals surface area contributed by atoms with E-state index in [-0.39, 0.29) is 17.6 Å². The van der Waals surface area contributed by atoms with Gasteiger partial charge in [0.05, 0.1) is 11.1 Å². The van der Waals surface area contributed by atoms with Gasteiger partial charge in [-0.05, 0) is 32.8 Å². The minimum absolute atomic E-state index is 0.0443. The van der Waals surface area contributed by atoms with Crippen molar-refractivity contribution in [1.82, 2.24) is 29.1 Å². The molecule has 0 aliphatic rings. The maximum absolute atomic E-state index is 12.8. The normalized spacial score (nSPS) is 12.7. The zero-order chi connectivity index (χ0) is 22.3. The van der Waals surface area contributed by atoms with E-state index in [0.717, 1.165) is 28.7 Å². The van der Waals surface area contributed by atoms with Crippen LogP contribution in [0, 0.1) is 0 Å². The van der Waals surface area contributed by atoms with E-state index in [1.807, 2.05) is 10.8 Å². The SMILES string of the molecule is CCc1cn(C(C)CNc2nc3c(c(NC)cn3C(C)C)c(=O)[nH]2)c2ncnc(N)c12. The summed E-state index contributed by atoms with van der Waals surface area (Å²) in [5, 5.41) is 7.82. The van der Waals surface area contributed by atoms with Crippen molar-refractivity contribution in [1.29, 1.82) is 0 Å². The summed E-state index contributed by atoms with van der Waals surface area (Å²) in [4.78, 5) is 28.9. The number of aromatic nitrogens is 6. The second-order valence-corrected chi connectivity index (χ2v) is 8.01. The molecular formula is C21H29N9O. The van der Waals surface area contributed by atoms with Gasteiger partial charge in [0.2, 0.25) is 5.95 Å². The Morgan fingerprint density at radius 3 is 2.58 bits per heavy atom. The number of nitrogens with one attached hydrogen (secondary N) is 3. The third-order valence-corrected chi connectivity index (χ3v) is 5.65. The van der Waals surface area contributed by atoms with Crippen molar-refractivity contribution in [3.63, 3.8) is 0 Å². The molecule has 0 aliphatic heterocycles. The molecule has 5 N–H and O–H groups in total.